The summed E-state index contributed by atoms with van der Waals surface area (Å²) < 4.78 is 22.7. The monoisotopic (exact) mass is 501 g/mol. The van der Waals surface area contributed by atoms with E-state index in [2.05, 4.69) is 15.4 Å². The number of benzene rings is 3. The van der Waals surface area contributed by atoms with Crippen LogP contribution in [0.3, 0.4) is 0 Å². The molecule has 2 unspecified atom stereocenters. The molecule has 0 amide bonds. The van der Waals surface area contributed by atoms with Crippen LogP contribution < -0.4 is 15.6 Å². The minimum absolute atomic E-state index is 0.384. The summed E-state index contributed by atoms with van der Waals surface area (Å²) >= 11 is 0. The highest BCUT2D eigenvalue weighted by Crippen LogP contribution is 2.34. The van der Waals surface area contributed by atoms with Crippen LogP contribution in [0.5, 0.6) is 5.75 Å². The predicted molar refractivity (Wildman–Crippen MR) is 146 cm³/mol. The van der Waals surface area contributed by atoms with Crippen molar-refractivity contribution in [1.29, 1.82) is 0 Å². The second kappa shape index (κ2) is 9.91. The highest BCUT2D eigenvalue weighted by atomic mass is 31.0. The average Bonchev–Trinajstić information content (AvgIpc) is 3.29. The van der Waals surface area contributed by atoms with Gasteiger partial charge in [-0.3, -0.25) is 4.68 Å². The molecule has 0 radical (unpaired) electrons. The molecule has 0 aliphatic rings. The van der Waals surface area contributed by atoms with Crippen LogP contribution in [0.25, 0.3) is 22.2 Å². The van der Waals surface area contributed by atoms with E-state index in [9.17, 15) is 0 Å². The fraction of sp³-hybridized carbons (Fsp3) is 0.148. The molecule has 3 aromatic carbocycles. The number of nitrogens with zero attached hydrogens (tertiary/aromatic N) is 4. The zero-order valence-electron chi connectivity index (χ0n) is 20.1. The van der Waals surface area contributed by atoms with Gasteiger partial charge in [-0.2, -0.15) is 5.10 Å². The molecule has 0 bridgehead atoms. The van der Waals surface area contributed by atoms with Crippen molar-refractivity contribution in [2.75, 3.05) is 11.1 Å². The van der Waals surface area contributed by atoms with Crippen LogP contribution in [0.4, 0.5) is 15.9 Å². The van der Waals surface area contributed by atoms with Crippen molar-refractivity contribution in [3.63, 3.8) is 0 Å². The first kappa shape index (κ1) is 23.7. The van der Waals surface area contributed by atoms with E-state index in [1.54, 1.807) is 10.9 Å². The van der Waals surface area contributed by atoms with Gasteiger partial charge in [0.15, 0.2) is 26.9 Å². The van der Waals surface area contributed by atoms with Crippen molar-refractivity contribution in [2.45, 2.75) is 19.4 Å². The molecule has 182 valence electrons. The normalized spacial score (nSPS) is 12.1. The van der Waals surface area contributed by atoms with Gasteiger partial charge >= 0.3 is 0 Å². The first-order valence-corrected chi connectivity index (χ1v) is 12.2. The minimum Gasteiger partial charge on any atom is -0.383 e. The third kappa shape index (κ3) is 4.48. The van der Waals surface area contributed by atoms with Gasteiger partial charge in [0.1, 0.15) is 17.7 Å². The molecule has 0 aliphatic heterocycles. The summed E-state index contributed by atoms with van der Waals surface area (Å²) in [6.07, 6.45) is 2.37. The van der Waals surface area contributed by atoms with E-state index in [4.69, 9.17) is 15.2 Å². The summed E-state index contributed by atoms with van der Waals surface area (Å²) in [5, 5.41) is 9.91. The number of pyridine rings is 1. The fourth-order valence-electron chi connectivity index (χ4n) is 4.35. The number of hydrogen-bond acceptors (Lipinski definition) is 6. The van der Waals surface area contributed by atoms with Gasteiger partial charge in [-0.25, -0.2) is 14.4 Å². The number of fused-ring (bicyclic) bond motifs is 1. The Balaban J connectivity index is 1.65. The summed E-state index contributed by atoms with van der Waals surface area (Å²) in [5.41, 5.74) is 9.08. The van der Waals surface area contributed by atoms with Gasteiger partial charge in [0.05, 0.1) is 0 Å². The van der Waals surface area contributed by atoms with Crippen molar-refractivity contribution >= 4 is 31.7 Å². The van der Waals surface area contributed by atoms with Gasteiger partial charge in [-0.05, 0) is 47.7 Å². The minimum atomic E-state index is -0.616. The number of nitrogens with two attached hydrogens (primary N) is 1. The van der Waals surface area contributed by atoms with Gasteiger partial charge < -0.3 is 15.6 Å². The predicted octanol–water partition coefficient (Wildman–Crippen LogP) is 5.42. The highest BCUT2D eigenvalue weighted by molar-refractivity contribution is 7.10. The smallest absolute Gasteiger partial charge is 0.181 e. The molecule has 5 rings (SSSR count). The van der Waals surface area contributed by atoms with E-state index in [-0.39, 0.29) is 5.82 Å². The molecule has 2 atom stereocenters. The molecule has 0 saturated heterocycles. The van der Waals surface area contributed by atoms with E-state index in [1.807, 2.05) is 74.6 Å². The summed E-state index contributed by atoms with van der Waals surface area (Å²) in [7, 11) is 3.16. The van der Waals surface area contributed by atoms with Crippen molar-refractivity contribution in [3.8, 4) is 17.1 Å². The SMILES string of the molecule is CCc1cc(C(Nc2ccc3c(N)nccc3c2)c2nc(-c3ccccc3)nn2C)c(F)cc1O[PH3+]. The largest absolute Gasteiger partial charge is 0.383 e. The molecule has 36 heavy (non-hydrogen) atoms. The number of rotatable bonds is 7. The average molecular weight is 502 g/mol. The lowest BCUT2D eigenvalue weighted by molar-refractivity contribution is 0.569. The van der Waals surface area contributed by atoms with E-state index in [0.717, 1.165) is 27.6 Å². The molecular weight excluding hydrogens is 474 g/mol. The molecule has 2 heterocycles. The van der Waals surface area contributed by atoms with Crippen LogP contribution in [0.2, 0.25) is 0 Å². The third-order valence-electron chi connectivity index (χ3n) is 6.22. The van der Waals surface area contributed by atoms with E-state index in [1.165, 1.54) is 15.5 Å². The number of hydrogen-bond donors (Lipinski definition) is 2. The summed E-state index contributed by atoms with van der Waals surface area (Å²) in [5.74, 6) is 1.77. The molecular formula is C27H27FN6OP+. The molecule has 5 aromatic rings. The highest BCUT2D eigenvalue weighted by Gasteiger charge is 2.26. The van der Waals surface area contributed by atoms with Gasteiger partial charge in [0.2, 0.25) is 0 Å². The number of nitrogens with one attached hydrogen (secondary N) is 1. The molecule has 7 nitrogen and oxygen atoms in total. The molecule has 0 aliphatic carbocycles. The third-order valence-corrected chi connectivity index (χ3v) is 6.53. The van der Waals surface area contributed by atoms with Crippen molar-refractivity contribution < 1.29 is 8.91 Å². The van der Waals surface area contributed by atoms with Crippen LogP contribution >= 0.6 is 9.47 Å². The first-order chi connectivity index (χ1) is 17.5. The summed E-state index contributed by atoms with van der Waals surface area (Å²) in [6, 6.07) is 20.1. The van der Waals surface area contributed by atoms with E-state index in [0.29, 0.717) is 35.2 Å². The Morgan fingerprint density at radius 3 is 2.67 bits per heavy atom. The second-order valence-electron chi connectivity index (χ2n) is 8.47. The maximum absolute atomic E-state index is 15.6. The summed E-state index contributed by atoms with van der Waals surface area (Å²) in [4.78, 5) is 8.99. The van der Waals surface area contributed by atoms with Crippen LogP contribution in [-0.2, 0) is 13.5 Å². The molecule has 0 fully saturated rings. The lowest BCUT2D eigenvalue weighted by atomic mass is 9.99. The Labute approximate surface area is 210 Å². The van der Waals surface area contributed by atoms with Gasteiger partial charge in [0, 0.05) is 41.5 Å². The van der Waals surface area contributed by atoms with E-state index < -0.39 is 6.04 Å². The Bertz CT molecular complexity index is 1540. The lowest BCUT2D eigenvalue weighted by Gasteiger charge is -2.22. The first-order valence-electron chi connectivity index (χ1n) is 11.6. The van der Waals surface area contributed by atoms with Crippen LogP contribution in [0, 0.1) is 5.82 Å². The number of anilines is 2. The topological polar surface area (TPSA) is 90.9 Å². The van der Waals surface area contributed by atoms with Gasteiger partial charge in [0.25, 0.3) is 0 Å². The van der Waals surface area contributed by atoms with E-state index >= 15 is 4.39 Å². The Morgan fingerprint density at radius 2 is 1.92 bits per heavy atom. The Hall–Kier alpha value is -4.03. The number of nitrogen functional groups attached to an aromatic ring is 1. The fourth-order valence-corrected chi connectivity index (χ4v) is 4.62. The van der Waals surface area contributed by atoms with Crippen LogP contribution in [0.1, 0.15) is 29.9 Å². The van der Waals surface area contributed by atoms with Crippen molar-refractivity contribution in [2.24, 2.45) is 7.05 Å². The maximum Gasteiger partial charge on any atom is 0.181 e. The Morgan fingerprint density at radius 1 is 1.11 bits per heavy atom. The second-order valence-corrected chi connectivity index (χ2v) is 8.76. The lowest BCUT2D eigenvalue weighted by Crippen LogP contribution is -2.19. The molecule has 3 N–H and O–H groups in total. The standard InChI is InChI=1S/C27H27FN6OP/c1-3-16-14-21(22(28)15-23(16)35-36)24(27-32-26(33-34(27)2)17-7-5-4-6-8-17)31-19-9-10-20-18(13-19)11-12-30-25(20)29/h4-15,24,31H,3H2,1-2,36H3,(H2,29,30)/q+1. The summed E-state index contributed by atoms with van der Waals surface area (Å²) in [6.45, 7) is 2.02. The number of halogens is 1. The quantitative estimate of drug-likeness (QED) is 0.290. The molecule has 0 spiro atoms. The Kier molecular flexibility index (Phi) is 6.53. The van der Waals surface area contributed by atoms with Crippen molar-refractivity contribution in [1.82, 2.24) is 19.7 Å². The molecule has 9 heteroatoms. The van der Waals surface area contributed by atoms with Gasteiger partial charge in [-0.1, -0.05) is 37.3 Å². The molecule has 0 saturated carbocycles. The number of aryl methyl sites for hydroxylation is 2. The zero-order chi connectivity index (χ0) is 25.2. The van der Waals surface area contributed by atoms with Crippen molar-refractivity contribution in [3.05, 3.63) is 95.7 Å². The van der Waals surface area contributed by atoms with Crippen LogP contribution in [-0.4, -0.2) is 19.7 Å². The maximum atomic E-state index is 15.6. The zero-order valence-corrected chi connectivity index (χ0v) is 21.5. The van der Waals surface area contributed by atoms with Gasteiger partial charge in [-0.15, -0.1) is 0 Å². The van der Waals surface area contributed by atoms with Crippen LogP contribution in [0.15, 0.2) is 72.9 Å². The molecule has 2 aromatic heterocycles. The number of aromatic nitrogens is 4.